The standard InChI is InChI=1S/C25H28N2O2/c1-28-25-13-6-5-12-24(25)27-16-14-26(15-17-27)19-22-10-7-11-23(18-22)29-20-21-8-3-2-4-9-21/h2-13,18H,14-17,19-20H2,1H3. The molecule has 0 spiro atoms. The smallest absolute Gasteiger partial charge is 0.142 e. The second-order valence-corrected chi connectivity index (χ2v) is 7.36. The van der Waals surface area contributed by atoms with Crippen LogP contribution in [0.3, 0.4) is 0 Å². The van der Waals surface area contributed by atoms with Crippen LogP contribution in [0, 0.1) is 0 Å². The zero-order valence-electron chi connectivity index (χ0n) is 17.0. The summed E-state index contributed by atoms with van der Waals surface area (Å²) < 4.78 is 11.5. The third kappa shape index (κ3) is 5.09. The van der Waals surface area contributed by atoms with E-state index in [9.17, 15) is 0 Å². The average Bonchev–Trinajstić information content (AvgIpc) is 2.79. The summed E-state index contributed by atoms with van der Waals surface area (Å²) in [6, 6.07) is 27.0. The van der Waals surface area contributed by atoms with Gasteiger partial charge in [0.05, 0.1) is 12.8 Å². The van der Waals surface area contributed by atoms with Crippen molar-refractivity contribution in [2.75, 3.05) is 38.2 Å². The highest BCUT2D eigenvalue weighted by Gasteiger charge is 2.19. The molecule has 29 heavy (non-hydrogen) atoms. The maximum Gasteiger partial charge on any atom is 0.142 e. The van der Waals surface area contributed by atoms with Crippen molar-refractivity contribution in [3.63, 3.8) is 0 Å². The van der Waals surface area contributed by atoms with Gasteiger partial charge in [0.2, 0.25) is 0 Å². The van der Waals surface area contributed by atoms with Crippen LogP contribution in [-0.4, -0.2) is 38.2 Å². The maximum absolute atomic E-state index is 5.98. The molecule has 150 valence electrons. The van der Waals surface area contributed by atoms with Crippen molar-refractivity contribution in [1.82, 2.24) is 4.90 Å². The topological polar surface area (TPSA) is 24.9 Å². The Kier molecular flexibility index (Phi) is 6.32. The van der Waals surface area contributed by atoms with Gasteiger partial charge in [0.25, 0.3) is 0 Å². The summed E-state index contributed by atoms with van der Waals surface area (Å²) in [7, 11) is 1.74. The first-order valence-corrected chi connectivity index (χ1v) is 10.2. The fourth-order valence-corrected chi connectivity index (χ4v) is 3.77. The Balaban J connectivity index is 1.31. The van der Waals surface area contributed by atoms with Crippen molar-refractivity contribution in [1.29, 1.82) is 0 Å². The van der Waals surface area contributed by atoms with E-state index >= 15 is 0 Å². The summed E-state index contributed by atoms with van der Waals surface area (Å²) in [6.45, 7) is 5.62. The van der Waals surface area contributed by atoms with Gasteiger partial charge < -0.3 is 14.4 Å². The number of nitrogens with zero attached hydrogens (tertiary/aromatic N) is 2. The first kappa shape index (κ1) is 19.3. The minimum atomic E-state index is 0.599. The van der Waals surface area contributed by atoms with E-state index in [2.05, 4.69) is 52.3 Å². The molecule has 0 bridgehead atoms. The molecule has 4 heteroatoms. The van der Waals surface area contributed by atoms with Crippen LogP contribution in [0.5, 0.6) is 11.5 Å². The van der Waals surface area contributed by atoms with Crippen LogP contribution in [0.2, 0.25) is 0 Å². The number of ether oxygens (including phenoxy) is 2. The molecule has 0 aromatic heterocycles. The fraction of sp³-hybridized carbons (Fsp3) is 0.280. The summed E-state index contributed by atoms with van der Waals surface area (Å²) in [5, 5.41) is 0. The lowest BCUT2D eigenvalue weighted by Crippen LogP contribution is -2.46. The largest absolute Gasteiger partial charge is 0.495 e. The number of hydrogen-bond donors (Lipinski definition) is 0. The summed E-state index contributed by atoms with van der Waals surface area (Å²) >= 11 is 0. The second-order valence-electron chi connectivity index (χ2n) is 7.36. The maximum atomic E-state index is 5.98. The fourth-order valence-electron chi connectivity index (χ4n) is 3.77. The van der Waals surface area contributed by atoms with Crippen LogP contribution in [0.1, 0.15) is 11.1 Å². The van der Waals surface area contributed by atoms with Crippen LogP contribution in [-0.2, 0) is 13.2 Å². The number of benzene rings is 3. The molecule has 1 saturated heterocycles. The Morgan fingerprint density at radius 2 is 1.48 bits per heavy atom. The van der Waals surface area contributed by atoms with Crippen molar-refractivity contribution < 1.29 is 9.47 Å². The zero-order valence-corrected chi connectivity index (χ0v) is 17.0. The van der Waals surface area contributed by atoms with Crippen LogP contribution in [0.4, 0.5) is 5.69 Å². The predicted octanol–water partition coefficient (Wildman–Crippen LogP) is 4.60. The van der Waals surface area contributed by atoms with Gasteiger partial charge in [0.15, 0.2) is 0 Å². The molecule has 1 aliphatic rings. The molecule has 1 fully saturated rings. The molecule has 3 aromatic carbocycles. The Labute approximate surface area is 173 Å². The molecule has 0 saturated carbocycles. The number of methoxy groups -OCH3 is 1. The zero-order chi connectivity index (χ0) is 19.9. The lowest BCUT2D eigenvalue weighted by Gasteiger charge is -2.36. The van der Waals surface area contributed by atoms with E-state index in [-0.39, 0.29) is 0 Å². The number of hydrogen-bond acceptors (Lipinski definition) is 4. The van der Waals surface area contributed by atoms with Crippen LogP contribution < -0.4 is 14.4 Å². The molecule has 0 unspecified atom stereocenters. The van der Waals surface area contributed by atoms with Gasteiger partial charge in [0, 0.05) is 32.7 Å². The van der Waals surface area contributed by atoms with Gasteiger partial charge >= 0.3 is 0 Å². The van der Waals surface area contributed by atoms with Crippen LogP contribution >= 0.6 is 0 Å². The average molecular weight is 389 g/mol. The van der Waals surface area contributed by atoms with Gasteiger partial charge in [-0.15, -0.1) is 0 Å². The van der Waals surface area contributed by atoms with Crippen molar-refractivity contribution in [3.8, 4) is 11.5 Å². The van der Waals surface area contributed by atoms with Gasteiger partial charge in [-0.25, -0.2) is 0 Å². The SMILES string of the molecule is COc1ccccc1N1CCN(Cc2cccc(OCc3ccccc3)c2)CC1. The summed E-state index contributed by atoms with van der Waals surface area (Å²) in [4.78, 5) is 4.91. The number of rotatable bonds is 7. The number of piperazine rings is 1. The van der Waals surface area contributed by atoms with Crippen molar-refractivity contribution >= 4 is 5.69 Å². The molecule has 0 N–H and O–H groups in total. The van der Waals surface area contributed by atoms with E-state index in [0.717, 1.165) is 44.2 Å². The van der Waals surface area contributed by atoms with E-state index in [4.69, 9.17) is 9.47 Å². The Morgan fingerprint density at radius 3 is 2.28 bits per heavy atom. The lowest BCUT2D eigenvalue weighted by molar-refractivity contribution is 0.248. The lowest BCUT2D eigenvalue weighted by atomic mass is 10.1. The monoisotopic (exact) mass is 388 g/mol. The summed E-state index contributed by atoms with van der Waals surface area (Å²) in [5.41, 5.74) is 3.66. The Hall–Kier alpha value is -2.98. The minimum absolute atomic E-state index is 0.599. The predicted molar refractivity (Wildman–Crippen MR) is 118 cm³/mol. The molecular weight excluding hydrogens is 360 g/mol. The molecule has 1 aliphatic heterocycles. The first-order chi connectivity index (χ1) is 14.3. The van der Waals surface area contributed by atoms with Gasteiger partial charge in [0.1, 0.15) is 18.1 Å². The quantitative estimate of drug-likeness (QED) is 0.591. The molecule has 1 heterocycles. The third-order valence-electron chi connectivity index (χ3n) is 5.35. The molecule has 0 radical (unpaired) electrons. The van der Waals surface area contributed by atoms with Gasteiger partial charge in [-0.1, -0.05) is 54.6 Å². The molecular formula is C25H28N2O2. The second kappa shape index (κ2) is 9.48. The van der Waals surface area contributed by atoms with Crippen LogP contribution in [0.15, 0.2) is 78.9 Å². The van der Waals surface area contributed by atoms with E-state index in [1.807, 2.05) is 36.4 Å². The van der Waals surface area contributed by atoms with Gasteiger partial charge in [-0.2, -0.15) is 0 Å². The highest BCUT2D eigenvalue weighted by Crippen LogP contribution is 2.28. The van der Waals surface area contributed by atoms with Gasteiger partial charge in [-0.3, -0.25) is 4.90 Å². The van der Waals surface area contributed by atoms with Crippen molar-refractivity contribution in [3.05, 3.63) is 90.0 Å². The van der Waals surface area contributed by atoms with Crippen molar-refractivity contribution in [2.45, 2.75) is 13.2 Å². The number of para-hydroxylation sites is 2. The third-order valence-corrected chi connectivity index (χ3v) is 5.35. The highest BCUT2D eigenvalue weighted by molar-refractivity contribution is 5.58. The molecule has 0 atom stereocenters. The molecule has 3 aromatic rings. The summed E-state index contributed by atoms with van der Waals surface area (Å²) in [6.07, 6.45) is 0. The molecule has 4 rings (SSSR count). The van der Waals surface area contributed by atoms with E-state index < -0.39 is 0 Å². The Bertz CT molecular complexity index is 905. The molecule has 0 amide bonds. The van der Waals surface area contributed by atoms with Crippen molar-refractivity contribution in [2.24, 2.45) is 0 Å². The van der Waals surface area contributed by atoms with E-state index in [1.165, 1.54) is 16.8 Å². The highest BCUT2D eigenvalue weighted by atomic mass is 16.5. The first-order valence-electron chi connectivity index (χ1n) is 10.2. The molecule has 0 aliphatic carbocycles. The molecule has 4 nitrogen and oxygen atoms in total. The van der Waals surface area contributed by atoms with Gasteiger partial charge in [-0.05, 0) is 35.4 Å². The van der Waals surface area contributed by atoms with E-state index in [0.29, 0.717) is 6.61 Å². The summed E-state index contributed by atoms with van der Waals surface area (Å²) in [5.74, 6) is 1.88. The normalized spacial score (nSPS) is 14.6. The number of anilines is 1. The minimum Gasteiger partial charge on any atom is -0.495 e. The van der Waals surface area contributed by atoms with E-state index in [1.54, 1.807) is 7.11 Å². The van der Waals surface area contributed by atoms with Crippen LogP contribution in [0.25, 0.3) is 0 Å². The Morgan fingerprint density at radius 1 is 0.759 bits per heavy atom.